The Morgan fingerprint density at radius 3 is 2.28 bits per heavy atom. The van der Waals surface area contributed by atoms with E-state index in [2.05, 4.69) is 9.88 Å². The number of aryl methyl sites for hydroxylation is 1. The molecule has 18 nitrogen and oxygen atoms in total. The number of methoxy groups -OCH3 is 1. The van der Waals surface area contributed by atoms with Crippen LogP contribution in [0.25, 0.3) is 0 Å². The second kappa shape index (κ2) is 26.4. The molecule has 3 aliphatic rings. The third-order valence-corrected chi connectivity index (χ3v) is 13.6. The Morgan fingerprint density at radius 2 is 1.67 bits per heavy atom. The molecule has 18 heteroatoms. The van der Waals surface area contributed by atoms with Gasteiger partial charge in [-0.3, -0.25) is 24.2 Å². The molecule has 1 aromatic heterocycles. The van der Waals surface area contributed by atoms with E-state index in [1.807, 2.05) is 19.1 Å². The fraction of sp³-hybridized carbons (Fsp3) is 0.796. The molecule has 4 rings (SSSR count). The number of aldehydes is 1. The Balaban J connectivity index is 1.73. The number of pyridine rings is 1. The Morgan fingerprint density at radius 1 is 1.00 bits per heavy atom. The second-order valence-corrected chi connectivity index (χ2v) is 19.2. The highest BCUT2D eigenvalue weighted by atomic mass is 16.7. The van der Waals surface area contributed by atoms with E-state index in [1.165, 1.54) is 14.0 Å². The molecule has 3 saturated heterocycles. The van der Waals surface area contributed by atoms with E-state index in [0.717, 1.165) is 24.7 Å². The number of aliphatic hydroxyl groups excluding tert-OH is 2. The molecule has 4 heterocycles. The van der Waals surface area contributed by atoms with Crippen molar-refractivity contribution >= 4 is 30.2 Å². The molecule has 0 unspecified atom stereocenters. The van der Waals surface area contributed by atoms with E-state index in [1.54, 1.807) is 72.9 Å². The fourth-order valence-corrected chi connectivity index (χ4v) is 10.2. The van der Waals surface area contributed by atoms with Crippen LogP contribution in [0.15, 0.2) is 24.5 Å². The van der Waals surface area contributed by atoms with Crippen molar-refractivity contribution in [2.75, 3.05) is 40.8 Å². The first-order valence-corrected chi connectivity index (χ1v) is 24.1. The van der Waals surface area contributed by atoms with Gasteiger partial charge < -0.3 is 62.7 Å². The smallest absolute Gasteiger partial charge is 0.309 e. The molecule has 0 aliphatic carbocycles. The van der Waals surface area contributed by atoms with Gasteiger partial charge >= 0.3 is 23.9 Å². The minimum atomic E-state index is -1.35. The fourth-order valence-electron chi connectivity index (χ4n) is 10.2. The number of likely N-dealkylation sites (N-methyl/N-ethyl adjacent to an activating group) is 1. The molecule has 0 amide bonds. The van der Waals surface area contributed by atoms with Crippen LogP contribution in [0.2, 0.25) is 0 Å². The maximum atomic E-state index is 13.8. The zero-order chi connectivity index (χ0) is 49.6. The van der Waals surface area contributed by atoms with Crippen molar-refractivity contribution in [1.82, 2.24) is 14.8 Å². The second-order valence-electron chi connectivity index (χ2n) is 19.2. The normalized spacial score (nSPS) is 36.2. The van der Waals surface area contributed by atoms with Gasteiger partial charge in [0.2, 0.25) is 0 Å². The number of carbonyl (C=O) groups excluding carboxylic acids is 5. The van der Waals surface area contributed by atoms with Crippen molar-refractivity contribution in [2.45, 2.75) is 192 Å². The molecule has 380 valence electrons. The molecular weight excluding hydrogens is 871 g/mol. The number of carbonyl (C=O) groups is 5. The van der Waals surface area contributed by atoms with Crippen LogP contribution in [-0.4, -0.2) is 175 Å². The van der Waals surface area contributed by atoms with Gasteiger partial charge in [-0.15, -0.1) is 0 Å². The number of hydrogen-bond acceptors (Lipinski definition) is 18. The highest BCUT2D eigenvalue weighted by Gasteiger charge is 2.56. The maximum Gasteiger partial charge on any atom is 0.309 e. The quantitative estimate of drug-likeness (QED) is 0.137. The first-order chi connectivity index (χ1) is 31.7. The summed E-state index contributed by atoms with van der Waals surface area (Å²) in [6.07, 6.45) is -4.06. The van der Waals surface area contributed by atoms with Crippen LogP contribution < -0.4 is 0 Å². The summed E-state index contributed by atoms with van der Waals surface area (Å²) < 4.78 is 49.5. The van der Waals surface area contributed by atoms with Crippen LogP contribution in [0.5, 0.6) is 0 Å². The van der Waals surface area contributed by atoms with Crippen LogP contribution in [0.1, 0.15) is 112 Å². The molecule has 0 bridgehead atoms. The number of cyclic esters (lactones) is 1. The van der Waals surface area contributed by atoms with Crippen LogP contribution in [-0.2, 0) is 68.3 Å². The molecule has 0 spiro atoms. The summed E-state index contributed by atoms with van der Waals surface area (Å²) in [6.45, 7) is 15.0. The number of nitrogens with zero attached hydrogens (tertiary/aromatic N) is 3. The molecule has 2 N–H and O–H groups in total. The number of rotatable bonds is 16. The van der Waals surface area contributed by atoms with Gasteiger partial charge in [-0.25, -0.2) is 0 Å². The van der Waals surface area contributed by atoms with E-state index >= 15 is 0 Å². The molecule has 1 aromatic rings. The Labute approximate surface area is 397 Å². The Kier molecular flexibility index (Phi) is 22.0. The molecule has 67 heavy (non-hydrogen) atoms. The van der Waals surface area contributed by atoms with Crippen molar-refractivity contribution in [1.29, 1.82) is 0 Å². The van der Waals surface area contributed by atoms with Crippen LogP contribution in [0, 0.1) is 17.8 Å². The minimum absolute atomic E-state index is 0.00247. The third-order valence-electron chi connectivity index (χ3n) is 13.6. The summed E-state index contributed by atoms with van der Waals surface area (Å²) in [4.78, 5) is 72.7. The average molecular weight is 950 g/mol. The van der Waals surface area contributed by atoms with Crippen molar-refractivity contribution in [3.63, 3.8) is 0 Å². The van der Waals surface area contributed by atoms with Crippen molar-refractivity contribution in [3.8, 4) is 0 Å². The molecule has 3 fully saturated rings. The number of aliphatic hydroxyl groups is 2. The van der Waals surface area contributed by atoms with Crippen LogP contribution in [0.4, 0.5) is 0 Å². The predicted molar refractivity (Wildman–Crippen MR) is 244 cm³/mol. The molecule has 3 aliphatic heterocycles. The monoisotopic (exact) mass is 950 g/mol. The number of aromatic nitrogens is 1. The first-order valence-electron chi connectivity index (χ1n) is 24.1. The lowest BCUT2D eigenvalue weighted by atomic mass is 9.71. The highest BCUT2D eigenvalue weighted by Crippen LogP contribution is 2.43. The lowest BCUT2D eigenvalue weighted by Gasteiger charge is -2.53. The zero-order valence-electron chi connectivity index (χ0n) is 41.6. The molecule has 0 aromatic carbocycles. The summed E-state index contributed by atoms with van der Waals surface area (Å²) >= 11 is 0. The van der Waals surface area contributed by atoms with Gasteiger partial charge in [0.15, 0.2) is 18.0 Å². The van der Waals surface area contributed by atoms with Crippen molar-refractivity contribution in [3.05, 3.63) is 30.1 Å². The predicted octanol–water partition coefficient (Wildman–Crippen LogP) is 3.83. The number of ether oxygens (including phenoxy) is 8. The van der Waals surface area contributed by atoms with E-state index < -0.39 is 115 Å². The molecule has 16 atom stereocenters. The minimum Gasteiger partial charge on any atom is -0.463 e. The van der Waals surface area contributed by atoms with Crippen LogP contribution >= 0.6 is 0 Å². The van der Waals surface area contributed by atoms with E-state index in [4.69, 9.17) is 37.9 Å². The van der Waals surface area contributed by atoms with E-state index in [9.17, 15) is 34.2 Å². The van der Waals surface area contributed by atoms with E-state index in [0.29, 0.717) is 26.1 Å². The maximum absolute atomic E-state index is 13.8. The summed E-state index contributed by atoms with van der Waals surface area (Å²) in [6, 6.07) is 3.16. The van der Waals surface area contributed by atoms with Gasteiger partial charge in [0.1, 0.15) is 30.7 Å². The van der Waals surface area contributed by atoms with Gasteiger partial charge in [0.05, 0.1) is 43.0 Å². The van der Waals surface area contributed by atoms with Gasteiger partial charge in [0.25, 0.3) is 0 Å². The van der Waals surface area contributed by atoms with Crippen LogP contribution in [0.3, 0.4) is 0 Å². The lowest BCUT2D eigenvalue weighted by Crippen LogP contribution is -2.67. The average Bonchev–Trinajstić information content (AvgIpc) is 3.26. The van der Waals surface area contributed by atoms with Crippen molar-refractivity contribution in [2.24, 2.45) is 17.8 Å². The highest BCUT2D eigenvalue weighted by molar-refractivity contribution is 5.73. The molecule has 0 saturated carbocycles. The number of hydrogen-bond donors (Lipinski definition) is 2. The molecular formula is C49H79N3O15. The van der Waals surface area contributed by atoms with Gasteiger partial charge in [0, 0.05) is 71.1 Å². The zero-order valence-corrected chi connectivity index (χ0v) is 41.6. The summed E-state index contributed by atoms with van der Waals surface area (Å²) in [5.74, 6) is -4.17. The number of esters is 4. The summed E-state index contributed by atoms with van der Waals surface area (Å²) in [7, 11) is 4.99. The SMILES string of the molecule is CCC(=O)O[C@@H]1CC(=O)O[C@H](C)CCN(CCCc2ccncc2)C[C@H](O)[C@H](C)C[C@H](CC=O)[C@H]([C@@H]2O[C@H](C)[C@@H](O[C@H]3C[C@@](C)(OC(C)=O)[C@@H](OC(=O)CC)[C@H](C)O3)[C@H](N(C)C)[C@H]2O)[C@@H]1OC. The van der Waals surface area contributed by atoms with Gasteiger partial charge in [-0.2, -0.15) is 0 Å². The summed E-state index contributed by atoms with van der Waals surface area (Å²) in [5, 5.41) is 24.6. The largest absolute Gasteiger partial charge is 0.463 e. The van der Waals surface area contributed by atoms with E-state index in [-0.39, 0.29) is 44.4 Å². The summed E-state index contributed by atoms with van der Waals surface area (Å²) in [5.41, 5.74) is -0.175. The topological polar surface area (TPSA) is 219 Å². The number of β-amino-alcohol motifs (C(OH)–C–C–N with tert-alkyl or cyclic N) is 1. The molecule has 0 radical (unpaired) electrons. The third kappa shape index (κ3) is 15.7. The first kappa shape index (κ1) is 56.0. The van der Waals surface area contributed by atoms with Gasteiger partial charge in [-0.1, -0.05) is 20.8 Å². The van der Waals surface area contributed by atoms with Crippen molar-refractivity contribution < 1.29 is 72.1 Å². The Bertz CT molecular complexity index is 1720. The Hall–Kier alpha value is -3.62. The van der Waals surface area contributed by atoms with Gasteiger partial charge in [-0.05, 0) is 104 Å². The lowest BCUT2D eigenvalue weighted by molar-refractivity contribution is -0.319. The standard InChI is InChI=1S/C49H79N3O15/c1-12-38(56)64-37-26-40(58)61-30(4)18-23-52(22-14-15-34-16-20-50-21-17-34)28-36(55)29(3)25-35(19-24-53)42(46(37)60-11)47-44(59)43(51(9)10)45(31(5)63-47)66-41-27-49(8,67-33(7)54)48(32(6)62-41)65-39(57)13-2/h16-17,20-21,24,29-32,35-37,41-48,55,59H,12-15,18-19,22-23,25-28H2,1-11H3/t29-,30-,31-,32+,35+,36+,37-,41+,42+,43-,44-,45-,46-,47+,48+,49-/m1/s1.